The maximum Gasteiger partial charge on any atom is 0.140 e. The first-order valence-corrected chi connectivity index (χ1v) is 9.33. The molecule has 0 saturated heterocycles. The van der Waals surface area contributed by atoms with Crippen LogP contribution in [0, 0.1) is 6.92 Å². The highest BCUT2D eigenvalue weighted by Crippen LogP contribution is 2.37. The first kappa shape index (κ1) is 15.9. The summed E-state index contributed by atoms with van der Waals surface area (Å²) in [7, 11) is 0. The van der Waals surface area contributed by atoms with Crippen molar-refractivity contribution in [3.8, 4) is 11.4 Å². The van der Waals surface area contributed by atoms with Gasteiger partial charge in [-0.3, -0.25) is 0 Å². The Bertz CT molecular complexity index is 1080. The van der Waals surface area contributed by atoms with E-state index in [2.05, 4.69) is 95.7 Å². The van der Waals surface area contributed by atoms with Crippen LogP contribution in [0.15, 0.2) is 84.9 Å². The molecule has 1 aliphatic heterocycles. The van der Waals surface area contributed by atoms with Gasteiger partial charge in [0.05, 0.1) is 24.0 Å². The molecule has 3 aromatic carbocycles. The van der Waals surface area contributed by atoms with Crippen LogP contribution in [0.2, 0.25) is 0 Å². The zero-order valence-electron chi connectivity index (χ0n) is 15.3. The van der Waals surface area contributed by atoms with Gasteiger partial charge in [-0.2, -0.15) is 0 Å². The summed E-state index contributed by atoms with van der Waals surface area (Å²) in [5.41, 5.74) is 7.18. The van der Waals surface area contributed by atoms with E-state index >= 15 is 0 Å². The van der Waals surface area contributed by atoms with Crippen LogP contribution in [0.5, 0.6) is 0 Å². The Labute approximate surface area is 159 Å². The predicted octanol–water partition coefficient (Wildman–Crippen LogP) is 5.42. The van der Waals surface area contributed by atoms with Gasteiger partial charge in [-0.25, -0.2) is 4.98 Å². The number of fused-ring (bicyclic) bond motifs is 2. The van der Waals surface area contributed by atoms with Crippen molar-refractivity contribution in [2.75, 3.05) is 5.32 Å². The minimum absolute atomic E-state index is 0.0693. The summed E-state index contributed by atoms with van der Waals surface area (Å²) in [6.07, 6.45) is 0. The molecule has 0 fully saturated rings. The molecule has 0 spiro atoms. The molecule has 0 aliphatic carbocycles. The average molecular weight is 351 g/mol. The Balaban J connectivity index is 1.76. The van der Waals surface area contributed by atoms with Crippen molar-refractivity contribution in [2.45, 2.75) is 19.5 Å². The molecule has 4 aromatic rings. The van der Waals surface area contributed by atoms with Crippen LogP contribution in [0.25, 0.3) is 11.4 Å². The van der Waals surface area contributed by atoms with E-state index in [0.717, 1.165) is 23.6 Å². The van der Waals surface area contributed by atoms with E-state index < -0.39 is 0 Å². The number of hydrogen-bond donors (Lipinski definition) is 1. The highest BCUT2D eigenvalue weighted by atomic mass is 15.1. The summed E-state index contributed by atoms with van der Waals surface area (Å²) in [5.74, 6) is 1.03. The minimum Gasteiger partial charge on any atom is -0.373 e. The second-order valence-corrected chi connectivity index (χ2v) is 7.00. The van der Waals surface area contributed by atoms with Crippen molar-refractivity contribution in [2.24, 2.45) is 0 Å². The van der Waals surface area contributed by atoms with Gasteiger partial charge in [0.15, 0.2) is 0 Å². The van der Waals surface area contributed by atoms with Gasteiger partial charge < -0.3 is 9.88 Å². The number of nitrogens with one attached hydrogen (secondary N) is 1. The summed E-state index contributed by atoms with van der Waals surface area (Å²) >= 11 is 0. The van der Waals surface area contributed by atoms with Gasteiger partial charge in [-0.1, -0.05) is 78.9 Å². The molecule has 27 heavy (non-hydrogen) atoms. The molecule has 1 unspecified atom stereocenters. The van der Waals surface area contributed by atoms with E-state index in [4.69, 9.17) is 4.98 Å². The standard InChI is InChI=1S/C24H21N3/c1-17-23-22(18-10-4-2-5-11-18)26-21-15-9-8-14-20(21)16-27(23)24(25-17)19-12-6-3-7-13-19/h2-15,22,26H,16H2,1H3. The molecule has 5 rings (SSSR count). The second kappa shape index (κ2) is 6.44. The van der Waals surface area contributed by atoms with Crippen molar-refractivity contribution < 1.29 is 0 Å². The summed E-state index contributed by atoms with van der Waals surface area (Å²) in [6, 6.07) is 29.7. The number of rotatable bonds is 2. The summed E-state index contributed by atoms with van der Waals surface area (Å²) in [4.78, 5) is 4.98. The van der Waals surface area contributed by atoms with E-state index in [1.165, 1.54) is 22.5 Å². The Kier molecular flexibility index (Phi) is 3.79. The molecule has 1 N–H and O–H groups in total. The van der Waals surface area contributed by atoms with Crippen LogP contribution in [-0.4, -0.2) is 9.55 Å². The van der Waals surface area contributed by atoms with Crippen LogP contribution in [0.3, 0.4) is 0 Å². The van der Waals surface area contributed by atoms with E-state index in [0.29, 0.717) is 0 Å². The highest BCUT2D eigenvalue weighted by molar-refractivity contribution is 5.62. The fourth-order valence-corrected chi connectivity index (χ4v) is 4.00. The van der Waals surface area contributed by atoms with Gasteiger partial charge in [0.2, 0.25) is 0 Å². The van der Waals surface area contributed by atoms with Crippen LogP contribution in [-0.2, 0) is 6.54 Å². The number of imidazole rings is 1. The SMILES string of the molecule is Cc1nc(-c2ccccc2)n2c1C(c1ccccc1)Nc1ccccc1C2. The third kappa shape index (κ3) is 2.72. The number of aryl methyl sites for hydroxylation is 1. The molecule has 1 atom stereocenters. The van der Waals surface area contributed by atoms with Crippen molar-refractivity contribution in [1.29, 1.82) is 0 Å². The predicted molar refractivity (Wildman–Crippen MR) is 110 cm³/mol. The maximum atomic E-state index is 4.98. The molecule has 2 heterocycles. The molecule has 0 radical (unpaired) electrons. The Morgan fingerprint density at radius 3 is 2.30 bits per heavy atom. The van der Waals surface area contributed by atoms with Gasteiger partial charge in [0.1, 0.15) is 5.82 Å². The lowest BCUT2D eigenvalue weighted by Gasteiger charge is -2.20. The second-order valence-electron chi connectivity index (χ2n) is 7.00. The number of hydrogen-bond acceptors (Lipinski definition) is 2. The van der Waals surface area contributed by atoms with Crippen molar-refractivity contribution in [3.63, 3.8) is 0 Å². The molecule has 1 aromatic heterocycles. The number of aromatic nitrogens is 2. The van der Waals surface area contributed by atoms with Gasteiger partial charge >= 0.3 is 0 Å². The van der Waals surface area contributed by atoms with E-state index in [9.17, 15) is 0 Å². The van der Waals surface area contributed by atoms with Gasteiger partial charge in [0.25, 0.3) is 0 Å². The third-order valence-corrected chi connectivity index (χ3v) is 5.27. The lowest BCUT2D eigenvalue weighted by molar-refractivity contribution is 0.741. The minimum atomic E-state index is 0.0693. The molecule has 3 heteroatoms. The molecular formula is C24H21N3. The molecule has 0 amide bonds. The highest BCUT2D eigenvalue weighted by Gasteiger charge is 2.28. The van der Waals surface area contributed by atoms with Crippen molar-refractivity contribution in [3.05, 3.63) is 107 Å². The summed E-state index contributed by atoms with van der Waals surface area (Å²) < 4.78 is 2.38. The normalized spacial score (nSPS) is 15.4. The molecule has 0 bridgehead atoms. The Morgan fingerprint density at radius 2 is 1.52 bits per heavy atom. The first-order valence-electron chi connectivity index (χ1n) is 9.33. The number of para-hydroxylation sites is 1. The molecule has 0 saturated carbocycles. The lowest BCUT2D eigenvalue weighted by atomic mass is 10.0. The van der Waals surface area contributed by atoms with Gasteiger partial charge in [0, 0.05) is 11.3 Å². The molecular weight excluding hydrogens is 330 g/mol. The maximum absolute atomic E-state index is 4.98. The van der Waals surface area contributed by atoms with Crippen LogP contribution < -0.4 is 5.32 Å². The fraction of sp³-hybridized carbons (Fsp3) is 0.125. The summed E-state index contributed by atoms with van der Waals surface area (Å²) in [5, 5.41) is 3.78. The monoisotopic (exact) mass is 351 g/mol. The lowest BCUT2D eigenvalue weighted by Crippen LogP contribution is -2.15. The van der Waals surface area contributed by atoms with E-state index in [1.807, 2.05) is 6.07 Å². The largest absolute Gasteiger partial charge is 0.373 e. The zero-order valence-corrected chi connectivity index (χ0v) is 15.3. The average Bonchev–Trinajstić information content (AvgIpc) is 2.94. The smallest absolute Gasteiger partial charge is 0.140 e. The topological polar surface area (TPSA) is 29.9 Å². The number of benzene rings is 3. The number of nitrogens with zero attached hydrogens (tertiary/aromatic N) is 2. The van der Waals surface area contributed by atoms with Crippen LogP contribution in [0.4, 0.5) is 5.69 Å². The van der Waals surface area contributed by atoms with Gasteiger partial charge in [-0.15, -0.1) is 0 Å². The molecule has 1 aliphatic rings. The summed E-state index contributed by atoms with van der Waals surface area (Å²) in [6.45, 7) is 2.93. The van der Waals surface area contributed by atoms with Crippen LogP contribution in [0.1, 0.15) is 28.6 Å². The van der Waals surface area contributed by atoms with E-state index in [-0.39, 0.29) is 6.04 Å². The van der Waals surface area contributed by atoms with Crippen molar-refractivity contribution in [1.82, 2.24) is 9.55 Å². The third-order valence-electron chi connectivity index (χ3n) is 5.27. The Morgan fingerprint density at radius 1 is 0.852 bits per heavy atom. The fourth-order valence-electron chi connectivity index (χ4n) is 4.00. The van der Waals surface area contributed by atoms with Gasteiger partial charge in [-0.05, 0) is 24.1 Å². The van der Waals surface area contributed by atoms with Crippen molar-refractivity contribution >= 4 is 5.69 Å². The molecule has 132 valence electrons. The zero-order chi connectivity index (χ0) is 18.2. The number of anilines is 1. The van der Waals surface area contributed by atoms with E-state index in [1.54, 1.807) is 0 Å². The quantitative estimate of drug-likeness (QED) is 0.522. The first-order chi connectivity index (χ1) is 13.3. The molecule has 3 nitrogen and oxygen atoms in total. The van der Waals surface area contributed by atoms with Crippen LogP contribution >= 0.6 is 0 Å². The Hall–Kier alpha value is -3.33.